The van der Waals surface area contributed by atoms with Gasteiger partial charge in [0.1, 0.15) is 4.83 Å². The number of hydrogen-bond acceptors (Lipinski definition) is 5. The maximum Gasteiger partial charge on any atom is 0.267 e. The highest BCUT2D eigenvalue weighted by Gasteiger charge is 2.21. The Bertz CT molecular complexity index is 1610. The van der Waals surface area contributed by atoms with Crippen LogP contribution < -0.4 is 5.56 Å². The van der Waals surface area contributed by atoms with Gasteiger partial charge in [-0.15, -0.1) is 11.3 Å². The number of aromatic nitrogens is 3. The molecule has 5 aromatic rings. The molecule has 0 saturated carbocycles. The van der Waals surface area contributed by atoms with Gasteiger partial charge in [0.25, 0.3) is 5.56 Å². The van der Waals surface area contributed by atoms with Crippen LogP contribution >= 0.6 is 23.1 Å². The smallest absolute Gasteiger partial charge is 0.267 e. The second-order valence-electron chi connectivity index (χ2n) is 8.50. The molecule has 0 amide bonds. The zero-order valence-corrected chi connectivity index (χ0v) is 21.7. The molecule has 0 aliphatic heterocycles. The SMILES string of the molecule is Cc1sc2nc(SCC(=O)c3cc(C)n(-c4ccccc4)c3C)n(-c3ccccc3)c(=O)c2c1C. The Morgan fingerprint density at radius 2 is 1.51 bits per heavy atom. The van der Waals surface area contributed by atoms with Crippen molar-refractivity contribution in [1.29, 1.82) is 0 Å². The molecule has 3 heterocycles. The average molecular weight is 500 g/mol. The maximum atomic E-state index is 13.6. The van der Waals surface area contributed by atoms with Crippen LogP contribution in [0.2, 0.25) is 0 Å². The van der Waals surface area contributed by atoms with Gasteiger partial charge in [-0.1, -0.05) is 48.2 Å². The molecule has 2 aromatic carbocycles. The summed E-state index contributed by atoms with van der Waals surface area (Å²) in [6.45, 7) is 7.95. The van der Waals surface area contributed by atoms with Crippen molar-refractivity contribution in [1.82, 2.24) is 14.1 Å². The summed E-state index contributed by atoms with van der Waals surface area (Å²) in [5.74, 6) is 0.200. The highest BCUT2D eigenvalue weighted by atomic mass is 32.2. The predicted octanol–water partition coefficient (Wildman–Crippen LogP) is 6.45. The molecule has 0 N–H and O–H groups in total. The highest BCUT2D eigenvalue weighted by Crippen LogP contribution is 2.30. The topological polar surface area (TPSA) is 56.9 Å². The first-order valence-electron chi connectivity index (χ1n) is 11.4. The van der Waals surface area contributed by atoms with Crippen LogP contribution in [0.15, 0.2) is 76.7 Å². The van der Waals surface area contributed by atoms with Gasteiger partial charge in [0.15, 0.2) is 10.9 Å². The minimum absolute atomic E-state index is 0.0118. The number of hydrogen-bond donors (Lipinski definition) is 0. The summed E-state index contributed by atoms with van der Waals surface area (Å²) in [6, 6.07) is 21.5. The number of ketones is 1. The summed E-state index contributed by atoms with van der Waals surface area (Å²) in [5.41, 5.74) is 5.25. The molecular weight excluding hydrogens is 474 g/mol. The molecule has 0 radical (unpaired) electrons. The second kappa shape index (κ2) is 9.32. The van der Waals surface area contributed by atoms with Crippen molar-refractivity contribution >= 4 is 39.1 Å². The first kappa shape index (κ1) is 23.3. The molecule has 0 aliphatic rings. The third-order valence-electron chi connectivity index (χ3n) is 6.26. The molecule has 5 rings (SSSR count). The van der Waals surface area contributed by atoms with E-state index in [1.54, 1.807) is 4.57 Å². The molecule has 0 saturated heterocycles. The summed E-state index contributed by atoms with van der Waals surface area (Å²) in [6.07, 6.45) is 0. The van der Waals surface area contributed by atoms with E-state index >= 15 is 0 Å². The molecule has 5 nitrogen and oxygen atoms in total. The number of thiophene rings is 1. The third kappa shape index (κ3) is 4.15. The lowest BCUT2D eigenvalue weighted by molar-refractivity contribution is 0.102. The standard InChI is InChI=1S/C28H25N3O2S2/c1-17-15-23(19(3)30(17)21-11-7-5-8-12-21)24(32)16-34-28-29-26-25(18(2)20(4)35-26)27(33)31(28)22-13-9-6-10-14-22/h5-15H,16H2,1-4H3. The molecule has 0 unspecified atom stereocenters. The van der Waals surface area contributed by atoms with Crippen molar-refractivity contribution in [3.63, 3.8) is 0 Å². The Morgan fingerprint density at radius 3 is 2.14 bits per heavy atom. The quantitative estimate of drug-likeness (QED) is 0.153. The fourth-order valence-electron chi connectivity index (χ4n) is 4.40. The van der Waals surface area contributed by atoms with E-state index in [-0.39, 0.29) is 17.1 Å². The number of Topliss-reactive ketones (excluding diaryl/α,β-unsaturated/α-hetero) is 1. The zero-order chi connectivity index (χ0) is 24.7. The van der Waals surface area contributed by atoms with Crippen molar-refractivity contribution in [2.24, 2.45) is 0 Å². The lowest BCUT2D eigenvalue weighted by atomic mass is 10.2. The molecular formula is C28H25N3O2S2. The Balaban J connectivity index is 1.52. The largest absolute Gasteiger partial charge is 0.318 e. The number of nitrogens with zero attached hydrogens (tertiary/aromatic N) is 3. The summed E-state index contributed by atoms with van der Waals surface area (Å²) in [7, 11) is 0. The molecule has 35 heavy (non-hydrogen) atoms. The molecule has 0 fully saturated rings. The van der Waals surface area contributed by atoms with Crippen LogP contribution in [0.1, 0.15) is 32.2 Å². The van der Waals surface area contributed by atoms with E-state index in [0.29, 0.717) is 16.1 Å². The molecule has 0 atom stereocenters. The van der Waals surface area contributed by atoms with Crippen molar-refractivity contribution < 1.29 is 4.79 Å². The minimum atomic E-state index is -0.0970. The number of rotatable bonds is 6. The van der Waals surface area contributed by atoms with E-state index in [2.05, 4.69) is 4.57 Å². The maximum absolute atomic E-state index is 13.6. The van der Waals surface area contributed by atoms with Crippen molar-refractivity contribution in [2.75, 3.05) is 5.75 Å². The van der Waals surface area contributed by atoms with Gasteiger partial charge >= 0.3 is 0 Å². The van der Waals surface area contributed by atoms with E-state index < -0.39 is 0 Å². The van der Waals surface area contributed by atoms with E-state index in [1.165, 1.54) is 23.1 Å². The normalized spacial score (nSPS) is 11.3. The van der Waals surface area contributed by atoms with E-state index in [0.717, 1.165) is 38.0 Å². The molecule has 176 valence electrons. The van der Waals surface area contributed by atoms with Gasteiger partial charge in [-0.3, -0.25) is 14.2 Å². The minimum Gasteiger partial charge on any atom is -0.318 e. The van der Waals surface area contributed by atoms with Crippen LogP contribution in [0.25, 0.3) is 21.6 Å². The van der Waals surface area contributed by atoms with Crippen LogP contribution in [0, 0.1) is 27.7 Å². The Morgan fingerprint density at radius 1 is 0.914 bits per heavy atom. The van der Waals surface area contributed by atoms with Crippen molar-refractivity contribution in [2.45, 2.75) is 32.9 Å². The van der Waals surface area contributed by atoms with Gasteiger partial charge in [-0.2, -0.15) is 0 Å². The average Bonchev–Trinajstić information content (AvgIpc) is 3.32. The fraction of sp³-hybridized carbons (Fsp3) is 0.179. The van der Waals surface area contributed by atoms with Crippen molar-refractivity contribution in [3.8, 4) is 11.4 Å². The predicted molar refractivity (Wildman–Crippen MR) is 145 cm³/mol. The summed E-state index contributed by atoms with van der Waals surface area (Å²) >= 11 is 2.83. The van der Waals surface area contributed by atoms with Gasteiger partial charge in [0.05, 0.1) is 16.8 Å². The number of aryl methyl sites for hydroxylation is 3. The highest BCUT2D eigenvalue weighted by molar-refractivity contribution is 7.99. The lowest BCUT2D eigenvalue weighted by Crippen LogP contribution is -2.22. The van der Waals surface area contributed by atoms with E-state index in [1.807, 2.05) is 94.4 Å². The van der Waals surface area contributed by atoms with Crippen LogP contribution in [-0.2, 0) is 0 Å². The molecule has 7 heteroatoms. The van der Waals surface area contributed by atoms with Gasteiger partial charge < -0.3 is 4.57 Å². The molecule has 0 aliphatic carbocycles. The van der Waals surface area contributed by atoms with Crippen LogP contribution in [-0.4, -0.2) is 25.7 Å². The van der Waals surface area contributed by atoms with E-state index in [9.17, 15) is 9.59 Å². The first-order valence-corrected chi connectivity index (χ1v) is 13.2. The van der Waals surface area contributed by atoms with E-state index in [4.69, 9.17) is 4.98 Å². The van der Waals surface area contributed by atoms with Gasteiger partial charge in [0.2, 0.25) is 0 Å². The fourth-order valence-corrected chi connectivity index (χ4v) is 6.37. The third-order valence-corrected chi connectivity index (χ3v) is 8.30. The Hall–Kier alpha value is -3.42. The monoisotopic (exact) mass is 499 g/mol. The molecule has 0 spiro atoms. The van der Waals surface area contributed by atoms with Crippen LogP contribution in [0.4, 0.5) is 0 Å². The molecule has 3 aromatic heterocycles. The summed E-state index contributed by atoms with van der Waals surface area (Å²) in [4.78, 5) is 33.6. The number of carbonyl (C=O) groups is 1. The zero-order valence-electron chi connectivity index (χ0n) is 20.0. The number of thioether (sulfide) groups is 1. The Labute approximate surface area is 212 Å². The number of benzene rings is 2. The summed E-state index contributed by atoms with van der Waals surface area (Å²) in [5, 5.41) is 1.18. The van der Waals surface area contributed by atoms with Crippen LogP contribution in [0.3, 0.4) is 0 Å². The number of para-hydroxylation sites is 2. The Kier molecular flexibility index (Phi) is 6.21. The molecule has 0 bridgehead atoms. The van der Waals surface area contributed by atoms with Crippen LogP contribution in [0.5, 0.6) is 0 Å². The first-order chi connectivity index (χ1) is 16.9. The number of fused-ring (bicyclic) bond motifs is 1. The van der Waals surface area contributed by atoms with Gasteiger partial charge in [0, 0.05) is 27.5 Å². The van der Waals surface area contributed by atoms with Crippen molar-refractivity contribution in [3.05, 3.63) is 104 Å². The van der Waals surface area contributed by atoms with Gasteiger partial charge in [-0.25, -0.2) is 4.98 Å². The number of carbonyl (C=O) groups excluding carboxylic acids is 1. The lowest BCUT2D eigenvalue weighted by Gasteiger charge is -2.12. The summed E-state index contributed by atoms with van der Waals surface area (Å²) < 4.78 is 3.73. The van der Waals surface area contributed by atoms with Gasteiger partial charge in [-0.05, 0) is 63.6 Å². The second-order valence-corrected chi connectivity index (χ2v) is 10.6.